The number of anilines is 1. The first kappa shape index (κ1) is 12.4. The minimum atomic E-state index is 0.545. The van der Waals surface area contributed by atoms with E-state index in [9.17, 15) is 0 Å². The van der Waals surface area contributed by atoms with Gasteiger partial charge < -0.3 is 14.8 Å². The monoisotopic (exact) mass is 283 g/mol. The summed E-state index contributed by atoms with van der Waals surface area (Å²) < 4.78 is 11.4. The molecule has 2 aliphatic rings. The number of rotatable bonds is 3. The molecule has 1 saturated carbocycles. The summed E-state index contributed by atoms with van der Waals surface area (Å²) in [5, 5.41) is 3.32. The summed E-state index contributed by atoms with van der Waals surface area (Å²) in [4.78, 5) is 8.85. The van der Waals surface area contributed by atoms with E-state index in [0.29, 0.717) is 25.2 Å². The van der Waals surface area contributed by atoms with Gasteiger partial charge in [0.2, 0.25) is 5.95 Å². The van der Waals surface area contributed by atoms with Crippen LogP contribution in [-0.4, -0.2) is 29.2 Å². The van der Waals surface area contributed by atoms with Gasteiger partial charge in [-0.15, -0.1) is 0 Å². The van der Waals surface area contributed by atoms with Gasteiger partial charge in [-0.25, -0.2) is 9.97 Å². The zero-order chi connectivity index (χ0) is 14.1. The van der Waals surface area contributed by atoms with Gasteiger partial charge in [0, 0.05) is 24.2 Å². The van der Waals surface area contributed by atoms with Gasteiger partial charge in [-0.1, -0.05) is 0 Å². The lowest BCUT2D eigenvalue weighted by atomic mass is 10.1. The van der Waals surface area contributed by atoms with Gasteiger partial charge in [0.15, 0.2) is 11.5 Å². The second-order valence-corrected chi connectivity index (χ2v) is 5.40. The van der Waals surface area contributed by atoms with Crippen molar-refractivity contribution >= 4 is 5.95 Å². The van der Waals surface area contributed by atoms with E-state index in [0.717, 1.165) is 29.2 Å². The van der Waals surface area contributed by atoms with E-state index in [4.69, 9.17) is 9.47 Å². The summed E-state index contributed by atoms with van der Waals surface area (Å²) in [5.41, 5.74) is 1.91. The number of ether oxygens (including phenoxy) is 2. The molecule has 5 nitrogen and oxygen atoms in total. The first-order valence-corrected chi connectivity index (χ1v) is 7.38. The highest BCUT2D eigenvalue weighted by atomic mass is 16.5. The quantitative estimate of drug-likeness (QED) is 0.938. The highest BCUT2D eigenvalue weighted by molar-refractivity contribution is 5.64. The van der Waals surface area contributed by atoms with Gasteiger partial charge in [-0.3, -0.25) is 0 Å². The number of nitrogens with one attached hydrogen (secondary N) is 1. The minimum Gasteiger partial charge on any atom is -0.490 e. The van der Waals surface area contributed by atoms with Crippen LogP contribution < -0.4 is 14.8 Å². The number of hydrogen-bond acceptors (Lipinski definition) is 5. The van der Waals surface area contributed by atoms with Crippen molar-refractivity contribution in [3.05, 3.63) is 30.5 Å². The highest BCUT2D eigenvalue weighted by Crippen LogP contribution is 2.34. The molecule has 0 unspecified atom stereocenters. The van der Waals surface area contributed by atoms with Crippen LogP contribution in [0.1, 0.15) is 19.3 Å². The molecule has 0 amide bonds. The molecule has 1 aromatic carbocycles. The first-order chi connectivity index (χ1) is 10.4. The molecule has 0 radical (unpaired) electrons. The Kier molecular flexibility index (Phi) is 3.10. The van der Waals surface area contributed by atoms with E-state index < -0.39 is 0 Å². The molecule has 5 heteroatoms. The molecule has 1 aliphatic heterocycles. The summed E-state index contributed by atoms with van der Waals surface area (Å²) in [7, 11) is 0. The molecule has 1 aliphatic carbocycles. The normalized spacial score (nSPS) is 17.1. The number of benzene rings is 1. The fourth-order valence-corrected chi connectivity index (χ4v) is 2.32. The second-order valence-electron chi connectivity index (χ2n) is 5.40. The molecule has 1 fully saturated rings. The fraction of sp³-hybridized carbons (Fsp3) is 0.375. The summed E-state index contributed by atoms with van der Waals surface area (Å²) in [6.45, 7) is 1.39. The van der Waals surface area contributed by atoms with Crippen molar-refractivity contribution < 1.29 is 9.47 Å². The topological polar surface area (TPSA) is 56.3 Å². The second kappa shape index (κ2) is 5.24. The van der Waals surface area contributed by atoms with Crippen LogP contribution in [0.2, 0.25) is 0 Å². The van der Waals surface area contributed by atoms with E-state index in [1.807, 2.05) is 24.3 Å². The van der Waals surface area contributed by atoms with E-state index in [1.54, 1.807) is 6.20 Å². The molecular weight excluding hydrogens is 266 g/mol. The van der Waals surface area contributed by atoms with Crippen LogP contribution in [0.15, 0.2) is 30.5 Å². The molecule has 0 spiro atoms. The molecule has 4 rings (SSSR count). The first-order valence-electron chi connectivity index (χ1n) is 7.38. The molecule has 1 aromatic heterocycles. The van der Waals surface area contributed by atoms with Crippen molar-refractivity contribution in [2.45, 2.75) is 25.3 Å². The van der Waals surface area contributed by atoms with E-state index in [-0.39, 0.29) is 0 Å². The lowest BCUT2D eigenvalue weighted by Gasteiger charge is -2.10. The maximum atomic E-state index is 5.73. The molecule has 21 heavy (non-hydrogen) atoms. The van der Waals surface area contributed by atoms with E-state index >= 15 is 0 Å². The number of aromatic nitrogens is 2. The number of fused-ring (bicyclic) bond motifs is 1. The Morgan fingerprint density at radius 2 is 1.90 bits per heavy atom. The molecule has 0 atom stereocenters. The van der Waals surface area contributed by atoms with Crippen LogP contribution in [0.5, 0.6) is 11.5 Å². The third kappa shape index (κ3) is 2.77. The minimum absolute atomic E-state index is 0.545. The van der Waals surface area contributed by atoms with Crippen molar-refractivity contribution in [2.75, 3.05) is 18.5 Å². The molecule has 2 aromatic rings. The smallest absolute Gasteiger partial charge is 0.223 e. The van der Waals surface area contributed by atoms with Crippen LogP contribution in [0.4, 0.5) is 5.95 Å². The average molecular weight is 283 g/mol. The van der Waals surface area contributed by atoms with Crippen molar-refractivity contribution in [3.63, 3.8) is 0 Å². The zero-order valence-corrected chi connectivity index (χ0v) is 11.7. The van der Waals surface area contributed by atoms with E-state index in [2.05, 4.69) is 15.3 Å². The van der Waals surface area contributed by atoms with Crippen molar-refractivity contribution in [2.24, 2.45) is 0 Å². The van der Waals surface area contributed by atoms with Crippen LogP contribution in [0.25, 0.3) is 11.3 Å². The number of hydrogen-bond donors (Lipinski definition) is 1. The summed E-state index contributed by atoms with van der Waals surface area (Å²) in [6.07, 6.45) is 5.11. The third-order valence-electron chi connectivity index (χ3n) is 3.61. The van der Waals surface area contributed by atoms with Crippen molar-refractivity contribution in [3.8, 4) is 22.8 Å². The number of nitrogens with zero attached hydrogens (tertiary/aromatic N) is 2. The molecule has 2 heterocycles. The Balaban J connectivity index is 1.64. The van der Waals surface area contributed by atoms with Gasteiger partial charge in [-0.05, 0) is 37.1 Å². The Morgan fingerprint density at radius 3 is 2.76 bits per heavy atom. The Hall–Kier alpha value is -2.30. The van der Waals surface area contributed by atoms with Gasteiger partial charge in [-0.2, -0.15) is 0 Å². The van der Waals surface area contributed by atoms with Gasteiger partial charge >= 0.3 is 0 Å². The summed E-state index contributed by atoms with van der Waals surface area (Å²) in [5.74, 6) is 2.30. The van der Waals surface area contributed by atoms with Gasteiger partial charge in [0.25, 0.3) is 0 Å². The van der Waals surface area contributed by atoms with Gasteiger partial charge in [0.05, 0.1) is 18.9 Å². The van der Waals surface area contributed by atoms with Crippen LogP contribution in [0.3, 0.4) is 0 Å². The Bertz CT molecular complexity index is 656. The predicted octanol–water partition coefficient (Wildman–Crippen LogP) is 2.88. The largest absolute Gasteiger partial charge is 0.490 e. The van der Waals surface area contributed by atoms with E-state index in [1.165, 1.54) is 12.8 Å². The molecule has 1 N–H and O–H groups in total. The average Bonchev–Trinajstić information content (AvgIpc) is 3.33. The predicted molar refractivity (Wildman–Crippen MR) is 79.7 cm³/mol. The summed E-state index contributed by atoms with van der Waals surface area (Å²) >= 11 is 0. The standard InChI is InChI=1S/C16H17N3O2/c1-8-20-14-5-2-11(10-15(14)21-9-1)13-6-7-17-16(19-13)18-12-3-4-12/h2,5-7,10,12H,1,3-4,8-9H2,(H,17,18,19). The van der Waals surface area contributed by atoms with Crippen LogP contribution in [0, 0.1) is 0 Å². The lowest BCUT2D eigenvalue weighted by Crippen LogP contribution is -2.05. The maximum Gasteiger partial charge on any atom is 0.223 e. The lowest BCUT2D eigenvalue weighted by molar-refractivity contribution is 0.297. The molecule has 0 saturated heterocycles. The third-order valence-corrected chi connectivity index (χ3v) is 3.61. The van der Waals surface area contributed by atoms with Crippen LogP contribution >= 0.6 is 0 Å². The molecular formula is C16H17N3O2. The van der Waals surface area contributed by atoms with Crippen molar-refractivity contribution in [1.29, 1.82) is 0 Å². The highest BCUT2D eigenvalue weighted by Gasteiger charge is 2.22. The van der Waals surface area contributed by atoms with Gasteiger partial charge in [0.1, 0.15) is 0 Å². The Labute approximate surface area is 123 Å². The molecule has 0 bridgehead atoms. The summed E-state index contributed by atoms with van der Waals surface area (Å²) in [6, 6.07) is 8.41. The van der Waals surface area contributed by atoms with Crippen molar-refractivity contribution in [1.82, 2.24) is 9.97 Å². The Morgan fingerprint density at radius 1 is 1.05 bits per heavy atom. The zero-order valence-electron chi connectivity index (χ0n) is 11.7. The maximum absolute atomic E-state index is 5.73. The fourth-order valence-electron chi connectivity index (χ4n) is 2.32. The van der Waals surface area contributed by atoms with Crippen LogP contribution in [-0.2, 0) is 0 Å². The molecule has 108 valence electrons. The SMILES string of the molecule is c1cc(-c2ccc3c(c2)OCCCO3)nc(NC2CC2)n1.